The van der Waals surface area contributed by atoms with Gasteiger partial charge in [-0.05, 0) is 81.3 Å². The summed E-state index contributed by atoms with van der Waals surface area (Å²) in [6.07, 6.45) is -5.11. The summed E-state index contributed by atoms with van der Waals surface area (Å²) in [5.74, 6) is -17.6. The fraction of sp³-hybridized carbons (Fsp3) is 0.623. The molecule has 0 aromatic heterocycles. The number of carbonyl (C=O) groups is 15. The largest absolute Gasteiger partial charge is 0.458 e. The summed E-state index contributed by atoms with van der Waals surface area (Å²) in [7, 11) is 4.28. The number of rotatable bonds is 20. The van der Waals surface area contributed by atoms with Crippen LogP contribution in [0.4, 0.5) is 0 Å². The standard InChI is InChI=1S/C77H116N14O20S2/c1-15-41(6)33-50-67(99)87-60(40(4)5)76(108)90(13)63(47(12)110-14)74(106)85-54(37-92)77(109)111-46(11)62-73(105)84-53(36-49-27-22-19-23-28-49)75(107)91-32-24-29-57(91)71(103)86-56(70(102)88-61(43(8)17-3)72(104)79-45(10)65(97)81-50)39-113-112-38-55(80-58(93)30-31-59(94)95)69(101)83-52(35-48-25-20-18-21-26-48)66(98)78-44(9)64(96)82-51(68(100)89-62)34-42(7)16-2/h18-23,25-28,40-44,46-47,50-57,59-63,92,94-95H,10,15-17,24,29-39H2,1-9,11-14H3,(H,78,98)(H,79,104)(H,80,93)(H,81,97)(H,82,96)(H,83,101)(H,84,105)(H,85,106)(H,86,103)(H,87,99)(H,88,102)(H,89,100)/t41-,42?,43-,44+,46+,47+,50-,51?,52+,53?,54-,55-,56-,57-,60?,61?,62+,63-/m0/s1. The molecule has 2 bridgehead atoms. The number of amides is 14. The number of hydrogen-bond donors (Lipinski definition) is 15. The molecule has 34 nitrogen and oxygen atoms in total. The number of likely N-dealkylation sites (N-methyl/N-ethyl adjacent to an activating group) is 1. The number of hydrogen-bond acceptors (Lipinski definition) is 22. The SMILES string of the molecule is C=C1NC(=O)C([C@@H](C)CC)NC(=O)[C@@H]2CSSC[C@H](NC(=O)CCC(O)O)C(=O)N[C@H](Cc3ccccc3)C(=O)N[C@H](C)C(=O)NC(CC(C)CC)C(=O)N[C@@H](C(=O)NC(Cc3ccccc3)C(=O)N3CCC[C@H]3C(=O)N2)[C@@H](C)OC(=O)[C@H](CO)NC(=O)[C@H]([C@@H](C)OC)N(C)C(=O)C(C(C)C)NC(=O)[C@H](C[C@@H](C)CC)NC1=O. The average molecular weight is 1620 g/mol. The monoisotopic (exact) mass is 1620 g/mol. The van der Waals surface area contributed by atoms with Gasteiger partial charge in [-0.2, -0.15) is 0 Å². The molecule has 3 saturated heterocycles. The predicted molar refractivity (Wildman–Crippen MR) is 420 cm³/mol. The summed E-state index contributed by atoms with van der Waals surface area (Å²) in [6, 6.07) is -4.02. The van der Waals surface area contributed by atoms with Crippen molar-refractivity contribution in [1.82, 2.24) is 73.6 Å². The van der Waals surface area contributed by atoms with Gasteiger partial charge in [-0.1, -0.05) is 163 Å². The Morgan fingerprint density at radius 2 is 1.14 bits per heavy atom. The Kier molecular flexibility index (Phi) is 38.6. The lowest BCUT2D eigenvalue weighted by molar-refractivity contribution is -0.158. The summed E-state index contributed by atoms with van der Waals surface area (Å²) in [5, 5.41) is 61.9. The second-order valence-corrected chi connectivity index (χ2v) is 32.1. The number of esters is 1. The lowest BCUT2D eigenvalue weighted by atomic mass is 9.96. The normalized spacial score (nSPS) is 27.5. The highest BCUT2D eigenvalue weighted by Crippen LogP contribution is 2.27. The van der Waals surface area contributed by atoms with Crippen molar-refractivity contribution < 1.29 is 96.7 Å². The first-order valence-electron chi connectivity index (χ1n) is 38.4. The van der Waals surface area contributed by atoms with E-state index in [-0.39, 0.29) is 74.8 Å². The van der Waals surface area contributed by atoms with Crippen molar-refractivity contribution in [1.29, 1.82) is 0 Å². The van der Waals surface area contributed by atoms with Gasteiger partial charge < -0.3 is 98.4 Å². The van der Waals surface area contributed by atoms with Crippen molar-refractivity contribution in [3.05, 3.63) is 84.1 Å². The van der Waals surface area contributed by atoms with Crippen molar-refractivity contribution in [2.45, 2.75) is 244 Å². The smallest absolute Gasteiger partial charge is 0.331 e. The van der Waals surface area contributed by atoms with Crippen LogP contribution in [0.3, 0.4) is 0 Å². The van der Waals surface area contributed by atoms with E-state index < -0.39 is 223 Å². The molecule has 113 heavy (non-hydrogen) atoms. The molecule has 2 aromatic rings. The number of benzene rings is 2. The number of ether oxygens (including phenoxy) is 2. The summed E-state index contributed by atoms with van der Waals surface area (Å²) in [4.78, 5) is 224. The molecule has 14 amide bonds. The van der Waals surface area contributed by atoms with Gasteiger partial charge in [0.25, 0.3) is 5.91 Å². The molecule has 0 spiro atoms. The molecule has 18 atom stereocenters. The van der Waals surface area contributed by atoms with Crippen LogP contribution in [-0.2, 0) is 94.2 Å². The Balaban J connectivity index is 1.80. The van der Waals surface area contributed by atoms with Crippen LogP contribution in [0.25, 0.3) is 0 Å². The number of nitrogens with one attached hydrogen (secondary N) is 12. The van der Waals surface area contributed by atoms with Crippen molar-refractivity contribution in [2.75, 3.05) is 38.8 Å². The van der Waals surface area contributed by atoms with E-state index in [1.807, 2.05) is 13.8 Å². The molecule has 5 rings (SSSR count). The summed E-state index contributed by atoms with van der Waals surface area (Å²) >= 11 is 0. The molecular formula is C77H116N14O20S2. The Labute approximate surface area is 667 Å². The summed E-state index contributed by atoms with van der Waals surface area (Å²) in [6.45, 7) is 20.2. The highest BCUT2D eigenvalue weighted by atomic mass is 33.1. The second kappa shape index (κ2) is 46.2. The van der Waals surface area contributed by atoms with Crippen LogP contribution in [-0.4, -0.2) is 250 Å². The van der Waals surface area contributed by atoms with E-state index in [0.717, 1.165) is 26.5 Å². The molecule has 36 heteroatoms. The topological polar surface area (TPSA) is 486 Å². The van der Waals surface area contributed by atoms with Gasteiger partial charge in [-0.3, -0.25) is 67.1 Å². The van der Waals surface area contributed by atoms with Gasteiger partial charge >= 0.3 is 5.97 Å². The maximum absolute atomic E-state index is 15.6. The molecule has 0 radical (unpaired) electrons. The second-order valence-electron chi connectivity index (χ2n) is 29.6. The van der Waals surface area contributed by atoms with E-state index in [2.05, 4.69) is 70.4 Å². The summed E-state index contributed by atoms with van der Waals surface area (Å²) < 4.78 is 11.5. The zero-order valence-electron chi connectivity index (χ0n) is 66.6. The maximum atomic E-state index is 15.6. The first-order chi connectivity index (χ1) is 53.5. The third kappa shape index (κ3) is 28.7. The van der Waals surface area contributed by atoms with E-state index in [1.165, 1.54) is 39.8 Å². The molecule has 3 aliphatic heterocycles. The lowest BCUT2D eigenvalue weighted by Crippen LogP contribution is -2.63. The molecule has 0 aliphatic carbocycles. The van der Waals surface area contributed by atoms with Gasteiger partial charge in [0.2, 0.25) is 76.8 Å². The van der Waals surface area contributed by atoms with Gasteiger partial charge in [-0.25, -0.2) is 4.79 Å². The Bertz CT molecular complexity index is 3640. The maximum Gasteiger partial charge on any atom is 0.331 e. The predicted octanol–water partition coefficient (Wildman–Crippen LogP) is -0.695. The number of aliphatic hydroxyl groups is 3. The van der Waals surface area contributed by atoms with Crippen LogP contribution in [0.15, 0.2) is 72.9 Å². The number of methoxy groups -OCH3 is 1. The van der Waals surface area contributed by atoms with Crippen LogP contribution in [0.1, 0.15) is 145 Å². The molecule has 3 fully saturated rings. The Hall–Kier alpha value is -9.23. The minimum Gasteiger partial charge on any atom is -0.458 e. The van der Waals surface area contributed by atoms with E-state index in [4.69, 9.17) is 9.47 Å². The highest BCUT2D eigenvalue weighted by Gasteiger charge is 2.45. The third-order valence-electron chi connectivity index (χ3n) is 20.4. The van der Waals surface area contributed by atoms with Crippen molar-refractivity contribution in [2.24, 2.45) is 23.7 Å². The average Bonchev–Trinajstić information content (AvgIpc) is 1.75. The van der Waals surface area contributed by atoms with Crippen LogP contribution in [0.2, 0.25) is 0 Å². The molecule has 3 heterocycles. The Morgan fingerprint density at radius 3 is 1.71 bits per heavy atom. The molecule has 5 unspecified atom stereocenters. The van der Waals surface area contributed by atoms with Gasteiger partial charge in [-0.15, -0.1) is 0 Å². The summed E-state index contributed by atoms with van der Waals surface area (Å²) in [5.41, 5.74) is 0.424. The van der Waals surface area contributed by atoms with Crippen molar-refractivity contribution in [3.63, 3.8) is 0 Å². The van der Waals surface area contributed by atoms with Crippen molar-refractivity contribution in [3.8, 4) is 0 Å². The molecule has 626 valence electrons. The zero-order valence-corrected chi connectivity index (χ0v) is 68.3. The minimum atomic E-state index is -2.04. The van der Waals surface area contributed by atoms with Crippen LogP contribution < -0.4 is 63.8 Å². The first-order valence-corrected chi connectivity index (χ1v) is 40.9. The van der Waals surface area contributed by atoms with Crippen molar-refractivity contribution >= 4 is 110 Å². The van der Waals surface area contributed by atoms with Crippen LogP contribution >= 0.6 is 21.6 Å². The lowest BCUT2D eigenvalue weighted by Gasteiger charge is -2.36. The fourth-order valence-corrected chi connectivity index (χ4v) is 15.0. The number of nitrogens with zero attached hydrogens (tertiary/aromatic N) is 2. The number of carbonyl (C=O) groups excluding carboxylic acids is 15. The van der Waals surface area contributed by atoms with Gasteiger partial charge in [0.1, 0.15) is 78.6 Å². The van der Waals surface area contributed by atoms with E-state index in [1.54, 1.807) is 102 Å². The molecule has 15 N–H and O–H groups in total. The number of fused-ring (bicyclic) bond motifs is 6. The Morgan fingerprint density at radius 1 is 0.602 bits per heavy atom. The molecule has 0 saturated carbocycles. The molecular weight excluding hydrogens is 1510 g/mol. The quantitative estimate of drug-likeness (QED) is 0.0337. The highest BCUT2D eigenvalue weighted by molar-refractivity contribution is 8.76. The van der Waals surface area contributed by atoms with E-state index >= 15 is 24.0 Å². The minimum absolute atomic E-state index is 0.0106. The van der Waals surface area contributed by atoms with E-state index in [0.29, 0.717) is 24.0 Å². The molecule has 3 aliphatic rings. The number of cyclic esters (lactones) is 1. The van der Waals surface area contributed by atoms with Gasteiger partial charge in [0, 0.05) is 57.9 Å². The molecule has 2 aromatic carbocycles. The first kappa shape index (κ1) is 94.4. The van der Waals surface area contributed by atoms with Crippen LogP contribution in [0.5, 0.6) is 0 Å². The van der Waals surface area contributed by atoms with Crippen LogP contribution in [0, 0.1) is 23.7 Å². The van der Waals surface area contributed by atoms with E-state index in [9.17, 15) is 63.3 Å². The zero-order chi connectivity index (χ0) is 84.1. The van der Waals surface area contributed by atoms with Gasteiger partial charge in [0.05, 0.1) is 18.4 Å². The fourth-order valence-electron chi connectivity index (χ4n) is 12.7. The third-order valence-corrected chi connectivity index (χ3v) is 22.8. The number of aliphatic hydroxyl groups excluding tert-OH is 2. The van der Waals surface area contributed by atoms with Gasteiger partial charge in [0.15, 0.2) is 12.3 Å².